The van der Waals surface area contributed by atoms with Crippen LogP contribution in [0.2, 0.25) is 0 Å². The average Bonchev–Trinajstić information content (AvgIpc) is 3.12. The molecule has 0 radical (unpaired) electrons. The zero-order valence-corrected chi connectivity index (χ0v) is 19.7. The molecule has 0 spiro atoms. The molecular weight excluding hydrogens is 428 g/mol. The molecule has 0 saturated carbocycles. The summed E-state index contributed by atoms with van der Waals surface area (Å²) in [6.07, 6.45) is 6.98. The number of hydrogen-bond donors (Lipinski definition) is 1. The minimum absolute atomic E-state index is 0.440. The number of benzene rings is 2. The van der Waals surface area contributed by atoms with E-state index in [2.05, 4.69) is 28.0 Å². The van der Waals surface area contributed by atoms with E-state index in [1.807, 2.05) is 24.3 Å². The lowest BCUT2D eigenvalue weighted by Crippen LogP contribution is -2.47. The van der Waals surface area contributed by atoms with Crippen LogP contribution in [0.4, 0.5) is 16.2 Å². The van der Waals surface area contributed by atoms with Gasteiger partial charge in [-0.1, -0.05) is 24.3 Å². The number of ether oxygens (including phenoxy) is 1. The second-order valence-electron chi connectivity index (χ2n) is 9.21. The Bertz CT molecular complexity index is 1120. The van der Waals surface area contributed by atoms with E-state index in [0.717, 1.165) is 87.4 Å². The molecule has 2 N–H and O–H groups in total. The van der Waals surface area contributed by atoms with E-state index >= 15 is 0 Å². The fourth-order valence-corrected chi connectivity index (χ4v) is 5.12. The molecule has 5 rings (SSSR count). The van der Waals surface area contributed by atoms with Gasteiger partial charge in [0.25, 0.3) is 0 Å². The summed E-state index contributed by atoms with van der Waals surface area (Å²) < 4.78 is 11.7. The number of nitrogens with zero attached hydrogens (tertiary/aromatic N) is 3. The number of unbranched alkanes of at least 4 members (excludes halogenated alkanes) is 1. The molecule has 180 valence electrons. The van der Waals surface area contributed by atoms with Crippen LogP contribution >= 0.6 is 0 Å². The number of anilines is 2. The van der Waals surface area contributed by atoms with E-state index in [1.165, 1.54) is 17.7 Å². The number of furan rings is 1. The molecule has 0 unspecified atom stereocenters. The van der Waals surface area contributed by atoms with Crippen molar-refractivity contribution in [1.82, 2.24) is 4.90 Å². The fraction of sp³-hybridized carbons (Fsp3) is 0.444. The number of amides is 2. The first kappa shape index (κ1) is 22.6. The Morgan fingerprint density at radius 2 is 1.85 bits per heavy atom. The highest BCUT2D eigenvalue weighted by Gasteiger charge is 2.22. The molecule has 7 nitrogen and oxygen atoms in total. The number of fused-ring (bicyclic) bond motifs is 2. The molecule has 2 aromatic carbocycles. The first-order valence-electron chi connectivity index (χ1n) is 12.5. The third-order valence-corrected chi connectivity index (χ3v) is 7.00. The number of primary amides is 1. The molecular formula is C27H34N4O3. The van der Waals surface area contributed by atoms with Crippen molar-refractivity contribution in [1.29, 1.82) is 0 Å². The summed E-state index contributed by atoms with van der Waals surface area (Å²) >= 11 is 0. The van der Waals surface area contributed by atoms with Gasteiger partial charge in [0.2, 0.25) is 0 Å². The number of para-hydroxylation sites is 2. The molecule has 2 amide bonds. The largest absolute Gasteiger partial charge is 0.491 e. The van der Waals surface area contributed by atoms with Crippen LogP contribution in [0.1, 0.15) is 31.2 Å². The maximum Gasteiger partial charge on any atom is 0.319 e. The molecule has 2 aliphatic heterocycles. The summed E-state index contributed by atoms with van der Waals surface area (Å²) in [6, 6.07) is 13.9. The Labute approximate surface area is 201 Å². The van der Waals surface area contributed by atoms with Crippen LogP contribution in [0.25, 0.3) is 11.0 Å². The molecule has 3 aromatic rings. The van der Waals surface area contributed by atoms with Gasteiger partial charge in [0.1, 0.15) is 17.6 Å². The van der Waals surface area contributed by atoms with Gasteiger partial charge in [0.15, 0.2) is 0 Å². The standard InChI is InChI=1S/C27H34N4O3/c28-27(32)31(24-20-34-25-12-2-1-10-22(24)25)14-5-4-13-29-15-17-30(18-16-29)23-11-7-9-21-8-3-6-19-33-26(21)23/h1-2,7,9-12,20H,3-6,8,13-19H2,(H2,28,32). The van der Waals surface area contributed by atoms with Crippen LogP contribution in [0.3, 0.4) is 0 Å². The van der Waals surface area contributed by atoms with Crippen LogP contribution in [0.15, 0.2) is 53.1 Å². The van der Waals surface area contributed by atoms with Crippen molar-refractivity contribution < 1.29 is 13.9 Å². The number of urea groups is 1. The number of nitrogens with two attached hydrogens (primary N) is 1. The zero-order chi connectivity index (χ0) is 23.3. The van der Waals surface area contributed by atoms with Crippen molar-refractivity contribution in [3.63, 3.8) is 0 Å². The summed E-state index contributed by atoms with van der Waals surface area (Å²) in [4.78, 5) is 18.7. The number of rotatable bonds is 7. The van der Waals surface area contributed by atoms with Crippen LogP contribution in [0.5, 0.6) is 5.75 Å². The normalized spacial score (nSPS) is 16.6. The van der Waals surface area contributed by atoms with E-state index in [0.29, 0.717) is 6.54 Å². The summed E-state index contributed by atoms with van der Waals surface area (Å²) in [6.45, 7) is 6.52. The van der Waals surface area contributed by atoms with Gasteiger partial charge in [-0.15, -0.1) is 0 Å². The molecule has 3 heterocycles. The smallest absolute Gasteiger partial charge is 0.319 e. The van der Waals surface area contributed by atoms with Crippen molar-refractivity contribution >= 4 is 28.4 Å². The number of carbonyl (C=O) groups is 1. The SMILES string of the molecule is NC(=O)N(CCCCN1CCN(c2cccc3c2OCCCC3)CC1)c1coc2ccccc12. The second-order valence-corrected chi connectivity index (χ2v) is 9.21. The van der Waals surface area contributed by atoms with Crippen molar-refractivity contribution in [2.45, 2.75) is 32.1 Å². The maximum absolute atomic E-state index is 12.1. The Morgan fingerprint density at radius 1 is 1.00 bits per heavy atom. The monoisotopic (exact) mass is 462 g/mol. The first-order chi connectivity index (χ1) is 16.7. The van der Waals surface area contributed by atoms with Crippen molar-refractivity contribution in [3.05, 3.63) is 54.3 Å². The molecule has 1 saturated heterocycles. The molecule has 1 fully saturated rings. The van der Waals surface area contributed by atoms with Gasteiger partial charge in [0.05, 0.1) is 18.0 Å². The Morgan fingerprint density at radius 3 is 2.71 bits per heavy atom. The summed E-state index contributed by atoms with van der Waals surface area (Å²) in [5, 5.41) is 0.917. The van der Waals surface area contributed by atoms with E-state index in [4.69, 9.17) is 14.9 Å². The van der Waals surface area contributed by atoms with Gasteiger partial charge in [-0.3, -0.25) is 9.80 Å². The Hall–Kier alpha value is -3.19. The predicted octanol–water partition coefficient (Wildman–Crippen LogP) is 4.64. The van der Waals surface area contributed by atoms with E-state index in [9.17, 15) is 4.79 Å². The highest BCUT2D eigenvalue weighted by atomic mass is 16.5. The lowest BCUT2D eigenvalue weighted by molar-refractivity contribution is 0.248. The van der Waals surface area contributed by atoms with Gasteiger partial charge in [-0.2, -0.15) is 0 Å². The molecule has 0 bridgehead atoms. The molecule has 7 heteroatoms. The zero-order valence-electron chi connectivity index (χ0n) is 19.7. The van der Waals surface area contributed by atoms with Crippen molar-refractivity contribution in [2.75, 3.05) is 55.7 Å². The van der Waals surface area contributed by atoms with Gasteiger partial charge in [0, 0.05) is 38.1 Å². The third kappa shape index (κ3) is 4.85. The topological polar surface area (TPSA) is 75.2 Å². The number of carbonyl (C=O) groups excluding carboxylic acids is 1. The third-order valence-electron chi connectivity index (χ3n) is 7.00. The lowest BCUT2D eigenvalue weighted by atomic mass is 10.1. The Balaban J connectivity index is 1.11. The van der Waals surface area contributed by atoms with Gasteiger partial charge in [-0.05, 0) is 62.4 Å². The van der Waals surface area contributed by atoms with E-state index in [-0.39, 0.29) is 0 Å². The number of aryl methyl sites for hydroxylation is 1. The van der Waals surface area contributed by atoms with Crippen molar-refractivity contribution in [2.24, 2.45) is 5.73 Å². The minimum atomic E-state index is -0.440. The van der Waals surface area contributed by atoms with Crippen molar-refractivity contribution in [3.8, 4) is 5.75 Å². The van der Waals surface area contributed by atoms with Crippen LogP contribution in [-0.2, 0) is 6.42 Å². The highest BCUT2D eigenvalue weighted by Crippen LogP contribution is 2.35. The predicted molar refractivity (Wildman–Crippen MR) is 136 cm³/mol. The number of piperazine rings is 1. The molecule has 2 aliphatic rings. The van der Waals surface area contributed by atoms with E-state index in [1.54, 1.807) is 11.2 Å². The number of hydrogen-bond acceptors (Lipinski definition) is 5. The Kier molecular flexibility index (Phi) is 6.90. The molecule has 0 atom stereocenters. The highest BCUT2D eigenvalue weighted by molar-refractivity contribution is 6.01. The van der Waals surface area contributed by atoms with Gasteiger partial charge in [-0.25, -0.2) is 4.79 Å². The van der Waals surface area contributed by atoms with Crippen LogP contribution in [-0.4, -0.2) is 56.8 Å². The fourth-order valence-electron chi connectivity index (χ4n) is 5.12. The maximum atomic E-state index is 12.1. The van der Waals surface area contributed by atoms with Crippen LogP contribution < -0.4 is 20.3 Å². The first-order valence-corrected chi connectivity index (χ1v) is 12.5. The molecule has 34 heavy (non-hydrogen) atoms. The minimum Gasteiger partial charge on any atom is -0.491 e. The average molecular weight is 463 g/mol. The summed E-state index contributed by atoms with van der Waals surface area (Å²) in [7, 11) is 0. The quantitative estimate of drug-likeness (QED) is 0.518. The van der Waals surface area contributed by atoms with E-state index < -0.39 is 6.03 Å². The molecule has 1 aromatic heterocycles. The lowest BCUT2D eigenvalue weighted by Gasteiger charge is -2.37. The van der Waals surface area contributed by atoms with Gasteiger partial charge < -0.3 is 19.8 Å². The summed E-state index contributed by atoms with van der Waals surface area (Å²) in [5.41, 5.74) is 9.81. The summed E-state index contributed by atoms with van der Waals surface area (Å²) in [5.74, 6) is 1.10. The van der Waals surface area contributed by atoms with Gasteiger partial charge >= 0.3 is 6.03 Å². The van der Waals surface area contributed by atoms with Crippen LogP contribution in [0, 0.1) is 0 Å². The molecule has 0 aliphatic carbocycles. The second kappa shape index (κ2) is 10.4.